The molecule has 1 aromatic rings. The predicted octanol–water partition coefficient (Wildman–Crippen LogP) is 1.90. The fourth-order valence-corrected chi connectivity index (χ4v) is 2.49. The molecule has 1 aromatic carbocycles. The molecule has 6 nitrogen and oxygen atoms in total. The van der Waals surface area contributed by atoms with Crippen molar-refractivity contribution in [1.29, 1.82) is 0 Å². The monoisotopic (exact) mass is 264 g/mol. The van der Waals surface area contributed by atoms with E-state index in [1.807, 2.05) is 11.0 Å². The van der Waals surface area contributed by atoms with Gasteiger partial charge in [-0.25, -0.2) is 0 Å². The van der Waals surface area contributed by atoms with Crippen molar-refractivity contribution in [2.75, 3.05) is 25.1 Å². The van der Waals surface area contributed by atoms with Gasteiger partial charge in [0, 0.05) is 24.8 Å². The van der Waals surface area contributed by atoms with Crippen molar-refractivity contribution in [1.82, 2.24) is 0 Å². The highest BCUT2D eigenvalue weighted by Crippen LogP contribution is 2.32. The SMILES string of the molecule is COC(=O)C1CCN(c2cccc([N+](=O)[O-])c2C)C1. The van der Waals surface area contributed by atoms with Crippen LogP contribution in [0.15, 0.2) is 18.2 Å². The summed E-state index contributed by atoms with van der Waals surface area (Å²) in [7, 11) is 1.38. The van der Waals surface area contributed by atoms with E-state index < -0.39 is 0 Å². The zero-order valence-corrected chi connectivity index (χ0v) is 11.0. The number of hydrogen-bond acceptors (Lipinski definition) is 5. The van der Waals surface area contributed by atoms with Crippen LogP contribution in [0.25, 0.3) is 0 Å². The minimum atomic E-state index is -0.382. The lowest BCUT2D eigenvalue weighted by Gasteiger charge is -2.20. The first-order valence-corrected chi connectivity index (χ1v) is 6.11. The van der Waals surface area contributed by atoms with Gasteiger partial charge in [0.1, 0.15) is 0 Å². The van der Waals surface area contributed by atoms with E-state index in [1.54, 1.807) is 13.0 Å². The number of carbonyl (C=O) groups is 1. The summed E-state index contributed by atoms with van der Waals surface area (Å²) < 4.78 is 4.74. The molecular formula is C13H16N2O4. The number of rotatable bonds is 3. The van der Waals surface area contributed by atoms with Gasteiger partial charge in [0.05, 0.1) is 23.5 Å². The summed E-state index contributed by atoms with van der Waals surface area (Å²) in [5.41, 5.74) is 1.57. The summed E-state index contributed by atoms with van der Waals surface area (Å²) in [5, 5.41) is 10.9. The molecule has 0 aromatic heterocycles. The Balaban J connectivity index is 2.22. The van der Waals surface area contributed by atoms with Gasteiger partial charge in [0.2, 0.25) is 0 Å². The van der Waals surface area contributed by atoms with Crippen LogP contribution < -0.4 is 4.90 Å². The summed E-state index contributed by atoms with van der Waals surface area (Å²) in [6.07, 6.45) is 0.717. The third kappa shape index (κ3) is 2.52. The van der Waals surface area contributed by atoms with Crippen molar-refractivity contribution < 1.29 is 14.5 Å². The van der Waals surface area contributed by atoms with E-state index in [0.29, 0.717) is 18.7 Å². The van der Waals surface area contributed by atoms with Crippen LogP contribution in [0.3, 0.4) is 0 Å². The van der Waals surface area contributed by atoms with Crippen molar-refractivity contribution in [3.05, 3.63) is 33.9 Å². The molecule has 1 unspecified atom stereocenters. The molecule has 1 aliphatic heterocycles. The molecular weight excluding hydrogens is 248 g/mol. The van der Waals surface area contributed by atoms with Crippen molar-refractivity contribution >= 4 is 17.3 Å². The maximum atomic E-state index is 11.5. The van der Waals surface area contributed by atoms with Crippen molar-refractivity contribution in [3.63, 3.8) is 0 Å². The Labute approximate surface area is 111 Å². The number of nitrogens with zero attached hydrogens (tertiary/aromatic N) is 2. The largest absolute Gasteiger partial charge is 0.469 e. The predicted molar refractivity (Wildman–Crippen MR) is 70.2 cm³/mol. The normalized spacial score (nSPS) is 18.4. The molecule has 2 rings (SSSR count). The van der Waals surface area contributed by atoms with E-state index in [2.05, 4.69) is 0 Å². The van der Waals surface area contributed by atoms with Crippen LogP contribution in [-0.2, 0) is 9.53 Å². The molecule has 1 fully saturated rings. The van der Waals surface area contributed by atoms with E-state index in [0.717, 1.165) is 12.1 Å². The van der Waals surface area contributed by atoms with Crippen LogP contribution >= 0.6 is 0 Å². The quantitative estimate of drug-likeness (QED) is 0.473. The highest BCUT2D eigenvalue weighted by atomic mass is 16.6. The standard InChI is InChI=1S/C13H16N2O4/c1-9-11(4-3-5-12(9)15(17)18)14-7-6-10(8-14)13(16)19-2/h3-5,10H,6-8H2,1-2H3. The molecule has 6 heteroatoms. The number of carbonyl (C=O) groups excluding carboxylic acids is 1. The molecule has 1 saturated heterocycles. The molecule has 0 spiro atoms. The number of esters is 1. The fraction of sp³-hybridized carbons (Fsp3) is 0.462. The summed E-state index contributed by atoms with van der Waals surface area (Å²) in [6, 6.07) is 5.01. The van der Waals surface area contributed by atoms with Crippen LogP contribution in [0.1, 0.15) is 12.0 Å². The summed E-state index contributed by atoms with van der Waals surface area (Å²) >= 11 is 0. The van der Waals surface area contributed by atoms with Crippen molar-refractivity contribution in [3.8, 4) is 0 Å². The topological polar surface area (TPSA) is 72.7 Å². The molecule has 1 aliphatic rings. The van der Waals surface area contributed by atoms with Gasteiger partial charge >= 0.3 is 5.97 Å². The molecule has 0 radical (unpaired) electrons. The van der Waals surface area contributed by atoms with E-state index in [-0.39, 0.29) is 22.5 Å². The molecule has 1 heterocycles. The second-order valence-electron chi connectivity index (χ2n) is 4.63. The van der Waals surface area contributed by atoms with E-state index in [4.69, 9.17) is 4.74 Å². The number of nitro benzene ring substituents is 1. The Bertz CT molecular complexity index is 515. The molecule has 0 bridgehead atoms. The zero-order chi connectivity index (χ0) is 14.0. The van der Waals surface area contributed by atoms with Crippen LogP contribution in [0.2, 0.25) is 0 Å². The highest BCUT2D eigenvalue weighted by Gasteiger charge is 2.30. The van der Waals surface area contributed by atoms with E-state index in [9.17, 15) is 14.9 Å². The Morgan fingerprint density at radius 2 is 2.26 bits per heavy atom. The second kappa shape index (κ2) is 5.26. The van der Waals surface area contributed by atoms with Crippen molar-refractivity contribution in [2.45, 2.75) is 13.3 Å². The Morgan fingerprint density at radius 1 is 1.53 bits per heavy atom. The number of methoxy groups -OCH3 is 1. The molecule has 19 heavy (non-hydrogen) atoms. The van der Waals surface area contributed by atoms with Gasteiger partial charge < -0.3 is 9.64 Å². The maximum absolute atomic E-state index is 11.5. The number of hydrogen-bond donors (Lipinski definition) is 0. The number of anilines is 1. The first-order chi connectivity index (χ1) is 9.04. The number of nitro groups is 1. The Kier molecular flexibility index (Phi) is 3.69. The van der Waals surface area contributed by atoms with Gasteiger partial charge in [-0.3, -0.25) is 14.9 Å². The third-order valence-corrected chi connectivity index (χ3v) is 3.54. The lowest BCUT2D eigenvalue weighted by atomic mass is 10.1. The lowest BCUT2D eigenvalue weighted by molar-refractivity contribution is -0.385. The summed E-state index contributed by atoms with van der Waals surface area (Å²) in [6.45, 7) is 3.00. The summed E-state index contributed by atoms with van der Waals surface area (Å²) in [4.78, 5) is 24.0. The van der Waals surface area contributed by atoms with E-state index >= 15 is 0 Å². The second-order valence-corrected chi connectivity index (χ2v) is 4.63. The highest BCUT2D eigenvalue weighted by molar-refractivity contribution is 5.74. The first-order valence-electron chi connectivity index (χ1n) is 6.11. The van der Waals surface area contributed by atoms with Crippen LogP contribution in [-0.4, -0.2) is 31.1 Å². The van der Waals surface area contributed by atoms with Crippen LogP contribution in [0.5, 0.6) is 0 Å². The molecule has 0 saturated carbocycles. The molecule has 0 aliphatic carbocycles. The molecule has 0 amide bonds. The first kappa shape index (κ1) is 13.3. The smallest absolute Gasteiger partial charge is 0.310 e. The maximum Gasteiger partial charge on any atom is 0.310 e. The van der Waals surface area contributed by atoms with Gasteiger partial charge in [0.15, 0.2) is 0 Å². The fourth-order valence-electron chi connectivity index (χ4n) is 2.49. The van der Waals surface area contributed by atoms with Crippen LogP contribution in [0.4, 0.5) is 11.4 Å². The average molecular weight is 264 g/mol. The molecule has 102 valence electrons. The van der Waals surface area contributed by atoms with E-state index in [1.165, 1.54) is 13.2 Å². The van der Waals surface area contributed by atoms with Gasteiger partial charge in [-0.2, -0.15) is 0 Å². The van der Waals surface area contributed by atoms with Gasteiger partial charge in [0.25, 0.3) is 5.69 Å². The van der Waals surface area contributed by atoms with Gasteiger partial charge in [-0.1, -0.05) is 6.07 Å². The Hall–Kier alpha value is -2.11. The minimum absolute atomic E-state index is 0.110. The molecule has 1 atom stereocenters. The van der Waals surface area contributed by atoms with Crippen LogP contribution in [0, 0.1) is 23.0 Å². The zero-order valence-electron chi connectivity index (χ0n) is 11.0. The Morgan fingerprint density at radius 3 is 2.89 bits per heavy atom. The third-order valence-electron chi connectivity index (χ3n) is 3.54. The average Bonchev–Trinajstić information content (AvgIpc) is 2.87. The van der Waals surface area contributed by atoms with Gasteiger partial charge in [-0.15, -0.1) is 0 Å². The minimum Gasteiger partial charge on any atom is -0.469 e. The lowest BCUT2D eigenvalue weighted by Crippen LogP contribution is -2.24. The summed E-state index contributed by atoms with van der Waals surface area (Å²) in [5.74, 6) is -0.366. The number of benzene rings is 1. The number of ether oxygens (including phenoxy) is 1. The molecule has 0 N–H and O–H groups in total. The van der Waals surface area contributed by atoms with Gasteiger partial charge in [-0.05, 0) is 19.4 Å². The van der Waals surface area contributed by atoms with Crippen molar-refractivity contribution in [2.24, 2.45) is 5.92 Å².